The molecule has 1 aromatic carbocycles. The number of amides is 1. The lowest BCUT2D eigenvalue weighted by molar-refractivity contribution is -0.121. The first kappa shape index (κ1) is 15.5. The average molecular weight is 263 g/mol. The smallest absolute Gasteiger partial charge is 0.221 e. The van der Waals surface area contributed by atoms with Crippen LogP contribution >= 0.6 is 0 Å². The molecule has 0 saturated carbocycles. The maximum Gasteiger partial charge on any atom is 0.221 e. The molecule has 1 unspecified atom stereocenters. The van der Waals surface area contributed by atoms with E-state index in [2.05, 4.69) is 5.32 Å². The molecule has 0 fully saturated rings. The molecule has 0 aliphatic carbocycles. The van der Waals surface area contributed by atoms with Crippen LogP contribution in [0.25, 0.3) is 0 Å². The van der Waals surface area contributed by atoms with Gasteiger partial charge in [-0.1, -0.05) is 26.0 Å². The Kier molecular flexibility index (Phi) is 5.83. The van der Waals surface area contributed by atoms with E-state index in [9.17, 15) is 4.79 Å². The summed E-state index contributed by atoms with van der Waals surface area (Å²) >= 11 is 0. The second-order valence-electron chi connectivity index (χ2n) is 5.45. The molecule has 4 nitrogen and oxygen atoms in total. The number of anilines is 1. The molecule has 0 heterocycles. The van der Waals surface area contributed by atoms with Crippen molar-refractivity contribution < 1.29 is 4.79 Å². The van der Waals surface area contributed by atoms with Gasteiger partial charge >= 0.3 is 0 Å². The highest BCUT2D eigenvalue weighted by Crippen LogP contribution is 2.12. The van der Waals surface area contributed by atoms with Gasteiger partial charge in [-0.25, -0.2) is 0 Å². The number of carbonyl (C=O) groups excluding carboxylic acids is 1. The van der Waals surface area contributed by atoms with E-state index >= 15 is 0 Å². The fourth-order valence-corrected chi connectivity index (χ4v) is 1.63. The summed E-state index contributed by atoms with van der Waals surface area (Å²) in [5.74, 6) is 0.336. The third kappa shape index (κ3) is 5.30. The van der Waals surface area contributed by atoms with Crippen molar-refractivity contribution in [2.75, 3.05) is 19.0 Å². The Morgan fingerprint density at radius 2 is 1.84 bits per heavy atom. The Morgan fingerprint density at radius 3 is 2.32 bits per heavy atom. The Balaban J connectivity index is 2.42. The third-order valence-corrected chi connectivity index (χ3v) is 3.22. The fourth-order valence-electron chi connectivity index (χ4n) is 1.63. The summed E-state index contributed by atoms with van der Waals surface area (Å²) < 4.78 is 0. The molecule has 4 heteroatoms. The molecule has 0 aliphatic heterocycles. The number of nitrogens with one attached hydrogen (secondary N) is 1. The van der Waals surface area contributed by atoms with Crippen molar-refractivity contribution >= 4 is 11.6 Å². The molecule has 1 atom stereocenters. The lowest BCUT2D eigenvalue weighted by atomic mass is 10.0. The molecule has 0 bridgehead atoms. The van der Waals surface area contributed by atoms with E-state index in [4.69, 9.17) is 5.73 Å². The number of rotatable bonds is 6. The average Bonchev–Trinajstić information content (AvgIpc) is 2.36. The van der Waals surface area contributed by atoms with E-state index in [1.807, 2.05) is 57.1 Å². The maximum absolute atomic E-state index is 11.7. The van der Waals surface area contributed by atoms with Crippen LogP contribution in [-0.4, -0.2) is 26.0 Å². The Hall–Kier alpha value is -1.55. The molecule has 0 radical (unpaired) electrons. The van der Waals surface area contributed by atoms with E-state index in [1.54, 1.807) is 0 Å². The Labute approximate surface area is 116 Å². The summed E-state index contributed by atoms with van der Waals surface area (Å²) in [7, 11) is 4.01. The van der Waals surface area contributed by atoms with Crippen LogP contribution in [0.3, 0.4) is 0 Å². The van der Waals surface area contributed by atoms with Crippen molar-refractivity contribution in [3.05, 3.63) is 29.8 Å². The molecule has 3 N–H and O–H groups in total. The molecule has 106 valence electrons. The largest absolute Gasteiger partial charge is 0.378 e. The maximum atomic E-state index is 11.7. The number of benzene rings is 1. The fraction of sp³-hybridized carbons (Fsp3) is 0.533. The van der Waals surface area contributed by atoms with E-state index in [1.165, 1.54) is 0 Å². The van der Waals surface area contributed by atoms with Gasteiger partial charge in [0.05, 0.1) is 0 Å². The first-order valence-corrected chi connectivity index (χ1v) is 6.68. The second-order valence-corrected chi connectivity index (χ2v) is 5.45. The van der Waals surface area contributed by atoms with Gasteiger partial charge in [0.2, 0.25) is 5.91 Å². The number of carbonyl (C=O) groups is 1. The summed E-state index contributed by atoms with van der Waals surface area (Å²) in [4.78, 5) is 13.8. The molecular formula is C15H25N3O. The summed E-state index contributed by atoms with van der Waals surface area (Å²) in [5.41, 5.74) is 8.12. The summed E-state index contributed by atoms with van der Waals surface area (Å²) in [6.45, 7) is 4.60. The number of hydrogen-bond donors (Lipinski definition) is 2. The van der Waals surface area contributed by atoms with Gasteiger partial charge in [-0.05, 0) is 23.6 Å². The van der Waals surface area contributed by atoms with Crippen molar-refractivity contribution in [3.8, 4) is 0 Å². The summed E-state index contributed by atoms with van der Waals surface area (Å²) in [5, 5.41) is 2.90. The summed E-state index contributed by atoms with van der Waals surface area (Å²) in [6, 6.07) is 8.06. The van der Waals surface area contributed by atoms with Gasteiger partial charge in [0.25, 0.3) is 0 Å². The molecular weight excluding hydrogens is 238 g/mol. The van der Waals surface area contributed by atoms with E-state index in [-0.39, 0.29) is 11.9 Å². The van der Waals surface area contributed by atoms with Crippen LogP contribution in [0.1, 0.15) is 25.8 Å². The standard InChI is InChI=1S/C15H25N3O/c1-11(2)14(16)9-15(19)17-10-12-5-7-13(8-6-12)18(3)4/h5-8,11,14H,9-10,16H2,1-4H3,(H,17,19). The number of nitrogens with zero attached hydrogens (tertiary/aromatic N) is 1. The highest BCUT2D eigenvalue weighted by Gasteiger charge is 2.12. The van der Waals surface area contributed by atoms with Crippen LogP contribution in [0, 0.1) is 5.92 Å². The van der Waals surface area contributed by atoms with Crippen molar-refractivity contribution in [1.29, 1.82) is 0 Å². The highest BCUT2D eigenvalue weighted by molar-refractivity contribution is 5.76. The van der Waals surface area contributed by atoms with Gasteiger partial charge in [0.1, 0.15) is 0 Å². The van der Waals surface area contributed by atoms with Crippen LogP contribution in [0.2, 0.25) is 0 Å². The molecule has 19 heavy (non-hydrogen) atoms. The van der Waals surface area contributed by atoms with Gasteiger partial charge in [0.15, 0.2) is 0 Å². The lowest BCUT2D eigenvalue weighted by Crippen LogP contribution is -2.34. The monoisotopic (exact) mass is 263 g/mol. The van der Waals surface area contributed by atoms with Gasteiger partial charge in [-0.3, -0.25) is 4.79 Å². The molecule has 1 aromatic rings. The normalized spacial score (nSPS) is 12.3. The minimum atomic E-state index is -0.0730. The number of nitrogens with two attached hydrogens (primary N) is 1. The minimum Gasteiger partial charge on any atom is -0.378 e. The van der Waals surface area contributed by atoms with Gasteiger partial charge in [0, 0.05) is 38.8 Å². The highest BCUT2D eigenvalue weighted by atomic mass is 16.1. The molecule has 0 saturated heterocycles. The first-order chi connectivity index (χ1) is 8.90. The van der Waals surface area contributed by atoms with Crippen LogP contribution < -0.4 is 16.0 Å². The molecule has 1 rings (SSSR count). The van der Waals surface area contributed by atoms with E-state index in [0.29, 0.717) is 18.9 Å². The van der Waals surface area contributed by atoms with Crippen molar-refractivity contribution in [3.63, 3.8) is 0 Å². The van der Waals surface area contributed by atoms with Gasteiger partial charge < -0.3 is 16.0 Å². The van der Waals surface area contributed by atoms with Crippen molar-refractivity contribution in [2.24, 2.45) is 11.7 Å². The third-order valence-electron chi connectivity index (χ3n) is 3.22. The molecule has 0 aromatic heterocycles. The SMILES string of the molecule is CC(C)C(N)CC(=O)NCc1ccc(N(C)C)cc1. The van der Waals surface area contributed by atoms with Crippen molar-refractivity contribution in [2.45, 2.75) is 32.9 Å². The summed E-state index contributed by atoms with van der Waals surface area (Å²) in [6.07, 6.45) is 0.382. The zero-order valence-corrected chi connectivity index (χ0v) is 12.3. The second kappa shape index (κ2) is 7.14. The Bertz CT molecular complexity index is 398. The first-order valence-electron chi connectivity index (χ1n) is 6.68. The Morgan fingerprint density at radius 1 is 1.26 bits per heavy atom. The quantitative estimate of drug-likeness (QED) is 0.822. The predicted molar refractivity (Wildman–Crippen MR) is 80.0 cm³/mol. The zero-order chi connectivity index (χ0) is 14.4. The van der Waals surface area contributed by atoms with E-state index < -0.39 is 0 Å². The van der Waals surface area contributed by atoms with Crippen molar-refractivity contribution in [1.82, 2.24) is 5.32 Å². The van der Waals surface area contributed by atoms with Crippen LogP contribution in [0.4, 0.5) is 5.69 Å². The topological polar surface area (TPSA) is 58.4 Å². The molecule has 0 aliphatic rings. The van der Waals surface area contributed by atoms with Crippen LogP contribution in [0.5, 0.6) is 0 Å². The minimum absolute atomic E-state index is 0.0119. The zero-order valence-electron chi connectivity index (χ0n) is 12.3. The van der Waals surface area contributed by atoms with Gasteiger partial charge in [-0.15, -0.1) is 0 Å². The van der Waals surface area contributed by atoms with Gasteiger partial charge in [-0.2, -0.15) is 0 Å². The molecule has 1 amide bonds. The number of hydrogen-bond acceptors (Lipinski definition) is 3. The predicted octanol–water partition coefficient (Wildman–Crippen LogP) is 1.74. The van der Waals surface area contributed by atoms with Crippen LogP contribution in [0.15, 0.2) is 24.3 Å². The van der Waals surface area contributed by atoms with E-state index in [0.717, 1.165) is 11.3 Å². The molecule has 0 spiro atoms. The lowest BCUT2D eigenvalue weighted by Gasteiger charge is -2.15. The van der Waals surface area contributed by atoms with Crippen LogP contribution in [-0.2, 0) is 11.3 Å².